The quantitative estimate of drug-likeness (QED) is 0.715. The Hall–Kier alpha value is -2.53. The predicted octanol–water partition coefficient (Wildman–Crippen LogP) is 4.09. The van der Waals surface area contributed by atoms with Crippen LogP contribution in [-0.2, 0) is 0 Å². The first-order valence-corrected chi connectivity index (χ1v) is 8.60. The van der Waals surface area contributed by atoms with E-state index in [1.807, 2.05) is 54.6 Å². The van der Waals surface area contributed by atoms with E-state index in [1.165, 1.54) is 12.8 Å². The summed E-state index contributed by atoms with van der Waals surface area (Å²) in [6.07, 6.45) is 2.39. The number of nitrogens with one attached hydrogen (secondary N) is 1. The van der Waals surface area contributed by atoms with Gasteiger partial charge in [-0.2, -0.15) is 0 Å². The van der Waals surface area contributed by atoms with Crippen molar-refractivity contribution in [1.29, 1.82) is 0 Å². The summed E-state index contributed by atoms with van der Waals surface area (Å²) in [7, 11) is 0. The molecule has 3 aromatic rings. The van der Waals surface area contributed by atoms with Gasteiger partial charge in [0.15, 0.2) is 10.9 Å². The summed E-state index contributed by atoms with van der Waals surface area (Å²) in [5, 5.41) is 5.07. The molecule has 1 saturated heterocycles. The van der Waals surface area contributed by atoms with Crippen molar-refractivity contribution in [3.8, 4) is 11.4 Å². The summed E-state index contributed by atoms with van der Waals surface area (Å²) in [5.74, 6) is 1.48. The Morgan fingerprint density at radius 2 is 1.62 bits per heavy atom. The van der Waals surface area contributed by atoms with E-state index >= 15 is 0 Å². The second kappa shape index (κ2) is 6.53. The molecule has 1 N–H and O–H groups in total. The summed E-state index contributed by atoms with van der Waals surface area (Å²) < 4.78 is 0. The van der Waals surface area contributed by atoms with Gasteiger partial charge in [0.05, 0.1) is 5.52 Å². The Bertz CT molecular complexity index is 873. The maximum Gasteiger partial charge on any atom is 0.174 e. The lowest BCUT2D eigenvalue weighted by molar-refractivity contribution is 0.528. The van der Waals surface area contributed by atoms with Crippen molar-refractivity contribution in [2.75, 3.05) is 18.4 Å². The first kappa shape index (κ1) is 15.0. The zero-order chi connectivity index (χ0) is 16.4. The lowest BCUT2D eigenvalue weighted by atomic mass is 10.2. The van der Waals surface area contributed by atoms with Crippen molar-refractivity contribution in [2.45, 2.75) is 12.8 Å². The molecule has 0 unspecified atom stereocenters. The van der Waals surface area contributed by atoms with Crippen LogP contribution in [0.4, 0.5) is 5.82 Å². The van der Waals surface area contributed by atoms with Gasteiger partial charge in [-0.05, 0) is 37.2 Å². The zero-order valence-corrected chi connectivity index (χ0v) is 14.1. The Morgan fingerprint density at radius 3 is 2.42 bits per heavy atom. The van der Waals surface area contributed by atoms with Gasteiger partial charge in [-0.1, -0.05) is 42.5 Å². The molecule has 1 fully saturated rings. The molecule has 1 aliphatic rings. The maximum atomic E-state index is 5.57. The second-order valence-electron chi connectivity index (χ2n) is 5.90. The highest BCUT2D eigenvalue weighted by atomic mass is 32.1. The van der Waals surface area contributed by atoms with Crippen molar-refractivity contribution in [3.63, 3.8) is 0 Å². The van der Waals surface area contributed by atoms with Gasteiger partial charge in [0.2, 0.25) is 0 Å². The minimum atomic E-state index is 0.709. The van der Waals surface area contributed by atoms with Crippen molar-refractivity contribution >= 4 is 34.1 Å². The Labute approximate surface area is 146 Å². The summed E-state index contributed by atoms with van der Waals surface area (Å²) in [5.41, 5.74) is 1.91. The first-order chi connectivity index (χ1) is 11.8. The van der Waals surface area contributed by atoms with Crippen LogP contribution in [0, 0.1) is 0 Å². The van der Waals surface area contributed by atoms with E-state index in [1.54, 1.807) is 0 Å². The van der Waals surface area contributed by atoms with Gasteiger partial charge >= 0.3 is 0 Å². The van der Waals surface area contributed by atoms with Gasteiger partial charge in [0.1, 0.15) is 5.82 Å². The van der Waals surface area contributed by atoms with Crippen molar-refractivity contribution in [2.24, 2.45) is 0 Å². The number of nitrogens with zero attached hydrogens (tertiary/aromatic N) is 3. The van der Waals surface area contributed by atoms with Crippen molar-refractivity contribution in [3.05, 3.63) is 54.6 Å². The molecule has 24 heavy (non-hydrogen) atoms. The number of thiocarbonyl (C=S) groups is 1. The summed E-state index contributed by atoms with van der Waals surface area (Å²) in [4.78, 5) is 11.7. The first-order valence-electron chi connectivity index (χ1n) is 8.19. The fourth-order valence-electron chi connectivity index (χ4n) is 2.99. The Morgan fingerprint density at radius 1 is 0.917 bits per heavy atom. The number of rotatable bonds is 2. The second-order valence-corrected chi connectivity index (χ2v) is 6.29. The summed E-state index contributed by atoms with van der Waals surface area (Å²) >= 11 is 5.57. The third-order valence-electron chi connectivity index (χ3n) is 4.25. The molecule has 1 aliphatic heterocycles. The molecule has 0 saturated carbocycles. The monoisotopic (exact) mass is 334 g/mol. The average molecular weight is 334 g/mol. The van der Waals surface area contributed by atoms with Crippen LogP contribution in [0.25, 0.3) is 22.3 Å². The normalized spacial score (nSPS) is 14.1. The molecule has 5 heteroatoms. The number of anilines is 1. The number of para-hydroxylation sites is 1. The molecule has 4 nitrogen and oxygen atoms in total. The van der Waals surface area contributed by atoms with E-state index in [-0.39, 0.29) is 0 Å². The van der Waals surface area contributed by atoms with Crippen LogP contribution in [0.15, 0.2) is 54.6 Å². The molecule has 2 heterocycles. The molecular formula is C19H18N4S. The van der Waals surface area contributed by atoms with E-state index < -0.39 is 0 Å². The minimum Gasteiger partial charge on any atom is -0.349 e. The molecule has 120 valence electrons. The molecular weight excluding hydrogens is 316 g/mol. The highest BCUT2D eigenvalue weighted by molar-refractivity contribution is 7.80. The van der Waals surface area contributed by atoms with Gasteiger partial charge in [0, 0.05) is 24.0 Å². The van der Waals surface area contributed by atoms with Crippen LogP contribution in [0.3, 0.4) is 0 Å². The fraction of sp³-hybridized carbons (Fsp3) is 0.211. The van der Waals surface area contributed by atoms with E-state index in [2.05, 4.69) is 10.2 Å². The molecule has 0 atom stereocenters. The van der Waals surface area contributed by atoms with Gasteiger partial charge in [-0.25, -0.2) is 9.97 Å². The fourth-order valence-corrected chi connectivity index (χ4v) is 3.27. The van der Waals surface area contributed by atoms with Crippen LogP contribution in [0.5, 0.6) is 0 Å². The molecule has 0 bridgehead atoms. The van der Waals surface area contributed by atoms with Crippen LogP contribution in [0.1, 0.15) is 12.8 Å². The number of fused-ring (bicyclic) bond motifs is 1. The number of hydrogen-bond acceptors (Lipinski definition) is 3. The summed E-state index contributed by atoms with van der Waals surface area (Å²) in [6, 6.07) is 18.1. The van der Waals surface area contributed by atoms with Crippen molar-refractivity contribution < 1.29 is 0 Å². The number of likely N-dealkylation sites (tertiary alicyclic amines) is 1. The van der Waals surface area contributed by atoms with Crippen LogP contribution >= 0.6 is 12.2 Å². The third kappa shape index (κ3) is 2.95. The molecule has 4 rings (SSSR count). The Kier molecular flexibility index (Phi) is 4.09. The predicted molar refractivity (Wildman–Crippen MR) is 102 cm³/mol. The van der Waals surface area contributed by atoms with Crippen LogP contribution in [0.2, 0.25) is 0 Å². The highest BCUT2D eigenvalue weighted by Crippen LogP contribution is 2.25. The molecule has 0 radical (unpaired) electrons. The molecule has 1 aromatic heterocycles. The summed E-state index contributed by atoms with van der Waals surface area (Å²) in [6.45, 7) is 2.03. The maximum absolute atomic E-state index is 5.57. The van der Waals surface area contributed by atoms with Gasteiger partial charge < -0.3 is 10.2 Å². The average Bonchev–Trinajstić information content (AvgIpc) is 3.17. The topological polar surface area (TPSA) is 41.1 Å². The number of aromatic nitrogens is 2. The van der Waals surface area contributed by atoms with Crippen LogP contribution in [-0.4, -0.2) is 33.1 Å². The van der Waals surface area contributed by atoms with E-state index in [9.17, 15) is 0 Å². The largest absolute Gasteiger partial charge is 0.349 e. The zero-order valence-electron chi connectivity index (χ0n) is 13.3. The lowest BCUT2D eigenvalue weighted by Gasteiger charge is -2.20. The molecule has 2 aromatic carbocycles. The number of benzene rings is 2. The molecule has 0 aliphatic carbocycles. The van der Waals surface area contributed by atoms with Gasteiger partial charge in [-0.3, -0.25) is 0 Å². The highest BCUT2D eigenvalue weighted by Gasteiger charge is 2.17. The standard InChI is InChI=1S/C19H18N4S/c24-19(23-12-6-7-13-23)22-18-15-10-4-5-11-16(15)20-17(21-18)14-8-2-1-3-9-14/h1-5,8-11H,6-7,12-13H2,(H,20,21,22,24). The smallest absolute Gasteiger partial charge is 0.174 e. The Balaban J connectivity index is 1.76. The SMILES string of the molecule is S=C(Nc1nc(-c2ccccc2)nc2ccccc12)N1CCCC1. The van der Waals surface area contributed by atoms with Crippen LogP contribution < -0.4 is 5.32 Å². The van der Waals surface area contributed by atoms with Crippen molar-refractivity contribution in [1.82, 2.24) is 14.9 Å². The van der Waals surface area contributed by atoms with E-state index in [0.29, 0.717) is 5.82 Å². The molecule has 0 spiro atoms. The van der Waals surface area contributed by atoms with Gasteiger partial charge in [0.25, 0.3) is 0 Å². The lowest BCUT2D eigenvalue weighted by Crippen LogP contribution is -2.32. The minimum absolute atomic E-state index is 0.709. The van der Waals surface area contributed by atoms with E-state index in [0.717, 1.165) is 40.5 Å². The third-order valence-corrected chi connectivity index (χ3v) is 4.61. The van der Waals surface area contributed by atoms with Gasteiger partial charge in [-0.15, -0.1) is 0 Å². The number of hydrogen-bond donors (Lipinski definition) is 1. The molecule has 0 amide bonds. The van der Waals surface area contributed by atoms with E-state index in [4.69, 9.17) is 22.2 Å².